The van der Waals surface area contributed by atoms with Gasteiger partial charge in [0.15, 0.2) is 0 Å². The molecule has 0 aliphatic heterocycles. The summed E-state index contributed by atoms with van der Waals surface area (Å²) in [6.45, 7) is 1.62. The van der Waals surface area contributed by atoms with Crippen LogP contribution in [0.4, 0.5) is 18.0 Å². The molecule has 0 aliphatic rings. The Hall–Kier alpha value is -4.08. The lowest BCUT2D eigenvalue weighted by molar-refractivity contribution is -0.904. The second-order valence-corrected chi connectivity index (χ2v) is 7.79. The van der Waals surface area contributed by atoms with Gasteiger partial charge < -0.3 is 19.5 Å². The Morgan fingerprint density at radius 3 is 2.40 bits per heavy atom. The van der Waals surface area contributed by atoms with Crippen molar-refractivity contribution < 1.29 is 42.5 Å². The van der Waals surface area contributed by atoms with Crippen molar-refractivity contribution in [3.8, 4) is 11.1 Å². The van der Waals surface area contributed by atoms with E-state index in [-0.39, 0.29) is 42.0 Å². The number of hydrogen-bond acceptors (Lipinski definition) is 5. The van der Waals surface area contributed by atoms with Crippen molar-refractivity contribution in [3.63, 3.8) is 0 Å². The number of amides is 1. The van der Waals surface area contributed by atoms with Crippen LogP contribution in [0, 0.1) is 0 Å². The number of carbonyl (C=O) groups excluding carboxylic acids is 2. The fourth-order valence-corrected chi connectivity index (χ4v) is 3.54. The fraction of sp³-hybridized carbons (Fsp3) is 0.240. The van der Waals surface area contributed by atoms with Gasteiger partial charge in [-0.15, -0.1) is 0 Å². The number of ether oxygens (including phenoxy) is 1. The number of aliphatic carboxylic acids is 1. The average Bonchev–Trinajstić information content (AvgIpc) is 2.80. The number of halogens is 3. The Morgan fingerprint density at radius 1 is 1.06 bits per heavy atom. The molecule has 0 fully saturated rings. The predicted molar refractivity (Wildman–Crippen MR) is 116 cm³/mol. The molecule has 1 N–H and O–H groups in total. The van der Waals surface area contributed by atoms with Gasteiger partial charge in [0.25, 0.3) is 0 Å². The molecule has 0 spiro atoms. The molecule has 7 nitrogen and oxygen atoms in total. The van der Waals surface area contributed by atoms with Crippen LogP contribution in [0.25, 0.3) is 11.1 Å². The number of carbonyl (C=O) groups is 2. The van der Waals surface area contributed by atoms with Crippen LogP contribution in [0.15, 0.2) is 67.0 Å². The highest BCUT2D eigenvalue weighted by Crippen LogP contribution is 2.34. The summed E-state index contributed by atoms with van der Waals surface area (Å²) < 4.78 is 46.3. The Bertz CT molecular complexity index is 1200. The van der Waals surface area contributed by atoms with E-state index < -0.39 is 30.2 Å². The predicted octanol–water partition coefficient (Wildman–Crippen LogP) is 3.35. The maximum Gasteiger partial charge on any atom is 0.416 e. The molecule has 1 aromatic heterocycles. The first-order valence-corrected chi connectivity index (χ1v) is 10.7. The van der Waals surface area contributed by atoms with Crippen LogP contribution in [0.5, 0.6) is 0 Å². The molecule has 3 rings (SSSR count). The standard InChI is InChI=1S/C25H23F3N2O5/c1-2-29(24(33)35-16-17-6-4-3-5-7-17)14-20-12-21(25(26,27)28)8-9-22(20)19-10-18(11-23(31)32)13-30(34)15-19/h3-10,12-13,15H,2,11,14,16H2,1H3,(H-,31,32,34). The minimum absolute atomic E-state index is 0.00139. The van der Waals surface area contributed by atoms with Gasteiger partial charge in [0.2, 0.25) is 12.4 Å². The van der Waals surface area contributed by atoms with Crippen molar-refractivity contribution in [2.45, 2.75) is 32.7 Å². The highest BCUT2D eigenvalue weighted by Gasteiger charge is 2.31. The van der Waals surface area contributed by atoms with Crippen LogP contribution in [0.3, 0.4) is 0 Å². The second kappa shape index (κ2) is 10.9. The number of aromatic nitrogens is 1. The van der Waals surface area contributed by atoms with Crippen LogP contribution < -0.4 is 9.84 Å². The Kier molecular flexibility index (Phi) is 7.95. The van der Waals surface area contributed by atoms with Crippen molar-refractivity contribution in [1.29, 1.82) is 0 Å². The van der Waals surface area contributed by atoms with Gasteiger partial charge >= 0.3 is 12.3 Å². The number of carboxylic acid groups (broad SMARTS) is 1. The lowest BCUT2D eigenvalue weighted by Crippen LogP contribution is -2.32. The molecule has 1 heterocycles. The smallest absolute Gasteiger partial charge is 0.416 e. The number of rotatable bonds is 8. The van der Waals surface area contributed by atoms with Crippen molar-refractivity contribution in [3.05, 3.63) is 89.2 Å². The molecule has 1 amide bonds. The largest absolute Gasteiger partial charge is 0.550 e. The van der Waals surface area contributed by atoms with E-state index in [1.54, 1.807) is 31.2 Å². The number of alkyl halides is 3. The van der Waals surface area contributed by atoms with E-state index in [2.05, 4.69) is 0 Å². The van der Waals surface area contributed by atoms with E-state index in [0.717, 1.165) is 23.9 Å². The first kappa shape index (κ1) is 25.5. The third kappa shape index (κ3) is 6.95. The third-order valence-electron chi connectivity index (χ3n) is 5.21. The topological polar surface area (TPSA) is 93.8 Å². The molecule has 0 saturated carbocycles. The summed E-state index contributed by atoms with van der Waals surface area (Å²) in [5, 5.41) is 21.0. The number of nitrogens with zero attached hydrogens (tertiary/aromatic N) is 2. The van der Waals surface area contributed by atoms with Crippen LogP contribution in [-0.4, -0.2) is 28.7 Å². The van der Waals surface area contributed by atoms with Crippen molar-refractivity contribution in [2.75, 3.05) is 6.54 Å². The lowest BCUT2D eigenvalue weighted by Gasteiger charge is -2.23. The number of benzene rings is 2. The molecule has 184 valence electrons. The summed E-state index contributed by atoms with van der Waals surface area (Å²) >= 11 is 0. The van der Waals surface area contributed by atoms with Crippen molar-refractivity contribution >= 4 is 12.1 Å². The highest BCUT2D eigenvalue weighted by molar-refractivity contribution is 5.72. The molecular formula is C25H23F3N2O5. The SMILES string of the molecule is CCN(Cc1cc(C(F)(F)F)ccc1-c1cc(CC(=O)[O-])c[n+](O)c1)C(=O)OCc1ccccc1. The minimum Gasteiger partial charge on any atom is -0.550 e. The van der Waals surface area contributed by atoms with Gasteiger partial charge in [-0.25, -0.2) is 4.79 Å². The maximum absolute atomic E-state index is 13.4. The molecule has 35 heavy (non-hydrogen) atoms. The molecule has 0 radical (unpaired) electrons. The van der Waals surface area contributed by atoms with Gasteiger partial charge in [0.05, 0.1) is 11.1 Å². The fourth-order valence-electron chi connectivity index (χ4n) is 3.54. The summed E-state index contributed by atoms with van der Waals surface area (Å²) in [4.78, 5) is 24.9. The summed E-state index contributed by atoms with van der Waals surface area (Å²) in [7, 11) is 0. The normalized spacial score (nSPS) is 11.2. The summed E-state index contributed by atoms with van der Waals surface area (Å²) in [5.41, 5.74) is 0.731. The van der Waals surface area contributed by atoms with Crippen LogP contribution in [0.2, 0.25) is 0 Å². The van der Waals surface area contributed by atoms with Gasteiger partial charge in [-0.1, -0.05) is 36.4 Å². The van der Waals surface area contributed by atoms with E-state index >= 15 is 0 Å². The maximum atomic E-state index is 13.4. The van der Waals surface area contributed by atoms with E-state index in [9.17, 15) is 33.1 Å². The van der Waals surface area contributed by atoms with Gasteiger partial charge in [-0.2, -0.15) is 13.2 Å². The molecule has 0 unspecified atom stereocenters. The van der Waals surface area contributed by atoms with E-state index in [1.807, 2.05) is 6.07 Å². The Morgan fingerprint density at radius 2 is 1.77 bits per heavy atom. The zero-order chi connectivity index (χ0) is 25.6. The highest BCUT2D eigenvalue weighted by atomic mass is 19.4. The first-order valence-electron chi connectivity index (χ1n) is 10.7. The van der Waals surface area contributed by atoms with Crippen molar-refractivity contribution in [1.82, 2.24) is 4.90 Å². The third-order valence-corrected chi connectivity index (χ3v) is 5.21. The van der Waals surface area contributed by atoms with Gasteiger partial charge in [0, 0.05) is 35.8 Å². The molecule has 0 saturated heterocycles. The Balaban J connectivity index is 1.95. The van der Waals surface area contributed by atoms with E-state index in [0.29, 0.717) is 4.73 Å². The number of hydrogen-bond donors (Lipinski definition) is 1. The van der Waals surface area contributed by atoms with Crippen LogP contribution in [-0.2, 0) is 35.3 Å². The molecular weight excluding hydrogens is 465 g/mol. The molecule has 0 atom stereocenters. The van der Waals surface area contributed by atoms with Crippen LogP contribution in [0.1, 0.15) is 29.2 Å². The minimum atomic E-state index is -4.62. The van der Waals surface area contributed by atoms with E-state index in [1.165, 1.54) is 23.2 Å². The quantitative estimate of drug-likeness (QED) is 0.388. The summed E-state index contributed by atoms with van der Waals surface area (Å²) in [6.07, 6.45) is -3.44. The second-order valence-electron chi connectivity index (χ2n) is 7.79. The van der Waals surface area contributed by atoms with Crippen molar-refractivity contribution in [2.24, 2.45) is 0 Å². The van der Waals surface area contributed by atoms with Gasteiger partial charge in [-0.3, -0.25) is 5.21 Å². The molecule has 0 aliphatic carbocycles. The zero-order valence-electron chi connectivity index (χ0n) is 18.8. The zero-order valence-corrected chi connectivity index (χ0v) is 18.8. The monoisotopic (exact) mass is 488 g/mol. The first-order chi connectivity index (χ1) is 16.6. The lowest BCUT2D eigenvalue weighted by atomic mass is 9.96. The number of pyridine rings is 1. The Labute approximate surface area is 199 Å². The van der Waals surface area contributed by atoms with E-state index in [4.69, 9.17) is 4.74 Å². The summed E-state index contributed by atoms with van der Waals surface area (Å²) in [5.74, 6) is -1.38. The number of carboxylic acids is 1. The molecule has 0 bridgehead atoms. The van der Waals surface area contributed by atoms with Gasteiger partial charge in [0.1, 0.15) is 6.61 Å². The molecule has 10 heteroatoms. The molecule has 3 aromatic rings. The van der Waals surface area contributed by atoms with Crippen LogP contribution >= 0.6 is 0 Å². The van der Waals surface area contributed by atoms with Gasteiger partial charge in [-0.05, 0) is 41.8 Å². The summed E-state index contributed by atoms with van der Waals surface area (Å²) in [6, 6.07) is 13.4. The average molecular weight is 488 g/mol. The molecule has 2 aromatic carbocycles.